The van der Waals surface area contributed by atoms with Crippen molar-refractivity contribution in [3.05, 3.63) is 59.3 Å². The number of nitrogens with two attached hydrogens (primary N) is 1. The van der Waals surface area contributed by atoms with E-state index in [0.717, 1.165) is 5.56 Å². The van der Waals surface area contributed by atoms with Crippen molar-refractivity contribution in [2.45, 2.75) is 51.2 Å². The predicted octanol–water partition coefficient (Wildman–Crippen LogP) is 4.33. The van der Waals surface area contributed by atoms with Crippen molar-refractivity contribution in [1.82, 2.24) is 24.7 Å². The van der Waals surface area contributed by atoms with Crippen LogP contribution in [0.4, 0.5) is 24.8 Å². The molecule has 0 fully saturated rings. The number of halogens is 3. The minimum absolute atomic E-state index is 0.0104. The predicted molar refractivity (Wildman–Crippen MR) is 140 cm³/mol. The van der Waals surface area contributed by atoms with Crippen LogP contribution in [0.1, 0.15) is 43.4 Å². The molecule has 10 nitrogen and oxygen atoms in total. The van der Waals surface area contributed by atoms with Crippen LogP contribution in [0.3, 0.4) is 0 Å². The fraction of sp³-hybridized carbons (Fsp3) is 0.333. The van der Waals surface area contributed by atoms with Gasteiger partial charge in [0, 0.05) is 19.2 Å². The van der Waals surface area contributed by atoms with Gasteiger partial charge in [-0.25, -0.2) is 19.6 Å². The Bertz CT molecular complexity index is 1620. The Morgan fingerprint density at radius 3 is 2.60 bits per heavy atom. The maximum Gasteiger partial charge on any atom is 0.389 e. The average Bonchev–Trinajstić information content (AvgIpc) is 3.39. The number of benzene rings is 1. The molecule has 0 saturated heterocycles. The molecular weight excluding hydrogens is 527 g/mol. The van der Waals surface area contributed by atoms with Gasteiger partial charge in [0.05, 0.1) is 16.9 Å². The van der Waals surface area contributed by atoms with E-state index in [2.05, 4.69) is 25.4 Å². The summed E-state index contributed by atoms with van der Waals surface area (Å²) in [5.41, 5.74) is 7.69. The second-order valence-electron chi connectivity index (χ2n) is 10.0. The van der Waals surface area contributed by atoms with Gasteiger partial charge in [-0.05, 0) is 43.0 Å². The van der Waals surface area contributed by atoms with Gasteiger partial charge in [0.2, 0.25) is 5.91 Å². The van der Waals surface area contributed by atoms with Crippen LogP contribution >= 0.6 is 0 Å². The molecule has 1 aliphatic rings. The van der Waals surface area contributed by atoms with Crippen molar-refractivity contribution in [1.29, 1.82) is 0 Å². The molecule has 4 heterocycles. The number of anilines is 2. The van der Waals surface area contributed by atoms with E-state index in [0.29, 0.717) is 28.6 Å². The number of aryl methyl sites for hydroxylation is 1. The molecule has 1 aliphatic heterocycles. The smallest absolute Gasteiger partial charge is 0.389 e. The normalized spacial score (nSPS) is 17.6. The van der Waals surface area contributed by atoms with Crippen LogP contribution < -0.4 is 11.1 Å². The first-order valence-corrected chi connectivity index (χ1v) is 12.6. The van der Waals surface area contributed by atoms with Gasteiger partial charge in [0.15, 0.2) is 11.5 Å². The number of aliphatic carboxylic acids is 1. The summed E-state index contributed by atoms with van der Waals surface area (Å²) in [4.78, 5) is 37.8. The van der Waals surface area contributed by atoms with Gasteiger partial charge in [-0.15, -0.1) is 0 Å². The second kappa shape index (κ2) is 9.88. The maximum absolute atomic E-state index is 13.3. The molecule has 0 radical (unpaired) electrons. The second-order valence-corrected chi connectivity index (χ2v) is 10.0. The molecule has 5 rings (SSSR count). The van der Waals surface area contributed by atoms with Crippen molar-refractivity contribution in [3.8, 4) is 11.5 Å². The Kier molecular flexibility index (Phi) is 6.68. The molecule has 3 aromatic heterocycles. The van der Waals surface area contributed by atoms with E-state index in [1.54, 1.807) is 50.2 Å². The highest BCUT2D eigenvalue weighted by molar-refractivity contribution is 6.09. The highest BCUT2D eigenvalue weighted by Crippen LogP contribution is 2.45. The lowest BCUT2D eigenvalue weighted by Crippen LogP contribution is -2.33. The SMILES string of the molecule is CC(Cc1ccc(C2(C)C(=O)Nc3nc(-c4nn(CCCC(F)(F)F)c5ncccc45)nc(N)c32)cc1)C(=O)O. The molecule has 2 unspecified atom stereocenters. The Morgan fingerprint density at radius 2 is 1.93 bits per heavy atom. The van der Waals surface area contributed by atoms with E-state index in [9.17, 15) is 27.9 Å². The minimum Gasteiger partial charge on any atom is -0.481 e. The first-order valence-electron chi connectivity index (χ1n) is 12.6. The number of nitrogens with zero attached hydrogens (tertiary/aromatic N) is 5. The van der Waals surface area contributed by atoms with E-state index in [1.165, 1.54) is 10.9 Å². The van der Waals surface area contributed by atoms with Crippen LogP contribution in [0.2, 0.25) is 0 Å². The molecule has 208 valence electrons. The molecule has 1 amide bonds. The van der Waals surface area contributed by atoms with E-state index >= 15 is 0 Å². The van der Waals surface area contributed by atoms with Crippen molar-refractivity contribution >= 4 is 34.5 Å². The van der Waals surface area contributed by atoms with Crippen LogP contribution in [0, 0.1) is 5.92 Å². The largest absolute Gasteiger partial charge is 0.481 e. The summed E-state index contributed by atoms with van der Waals surface area (Å²) >= 11 is 0. The summed E-state index contributed by atoms with van der Waals surface area (Å²) in [5, 5.41) is 17.0. The highest BCUT2D eigenvalue weighted by Gasteiger charge is 2.47. The number of nitrogens with one attached hydrogen (secondary N) is 1. The number of amides is 1. The first kappa shape index (κ1) is 27.0. The molecule has 0 spiro atoms. The molecule has 0 bridgehead atoms. The van der Waals surface area contributed by atoms with E-state index < -0.39 is 29.9 Å². The number of fused-ring (bicyclic) bond motifs is 2. The van der Waals surface area contributed by atoms with Gasteiger partial charge >= 0.3 is 12.1 Å². The van der Waals surface area contributed by atoms with Crippen molar-refractivity contribution in [2.75, 3.05) is 11.1 Å². The molecular formula is C27H26F3N7O3. The summed E-state index contributed by atoms with van der Waals surface area (Å²) in [6.45, 7) is 3.32. The summed E-state index contributed by atoms with van der Waals surface area (Å²) < 4.78 is 39.5. The molecule has 0 aliphatic carbocycles. The third-order valence-corrected chi connectivity index (χ3v) is 7.17. The zero-order valence-corrected chi connectivity index (χ0v) is 21.7. The third kappa shape index (κ3) is 4.82. The molecule has 13 heteroatoms. The van der Waals surface area contributed by atoms with Gasteiger partial charge in [-0.1, -0.05) is 31.2 Å². The summed E-state index contributed by atoms with van der Waals surface area (Å²) in [6.07, 6.45) is -3.55. The van der Waals surface area contributed by atoms with E-state index in [1.807, 2.05) is 0 Å². The number of alkyl halides is 3. The van der Waals surface area contributed by atoms with Gasteiger partial charge in [0.25, 0.3) is 0 Å². The minimum atomic E-state index is -4.28. The van der Waals surface area contributed by atoms with Crippen molar-refractivity contribution in [3.63, 3.8) is 0 Å². The Hall–Kier alpha value is -4.55. The topological polar surface area (TPSA) is 149 Å². The fourth-order valence-corrected chi connectivity index (χ4v) is 4.96. The Balaban J connectivity index is 1.50. The number of rotatable bonds is 8. The lowest BCUT2D eigenvalue weighted by atomic mass is 9.77. The highest BCUT2D eigenvalue weighted by atomic mass is 19.4. The van der Waals surface area contributed by atoms with Gasteiger partial charge in [-0.2, -0.15) is 18.3 Å². The van der Waals surface area contributed by atoms with Gasteiger partial charge in [0.1, 0.15) is 22.7 Å². The average molecular weight is 554 g/mol. The number of pyridine rings is 1. The van der Waals surface area contributed by atoms with Gasteiger partial charge in [-0.3, -0.25) is 9.59 Å². The Morgan fingerprint density at radius 1 is 1.20 bits per heavy atom. The molecule has 40 heavy (non-hydrogen) atoms. The quantitative estimate of drug-likeness (QED) is 0.292. The number of nitrogen functional groups attached to an aromatic ring is 1. The number of hydrogen-bond donors (Lipinski definition) is 3. The van der Waals surface area contributed by atoms with Crippen LogP contribution in [-0.2, 0) is 28.0 Å². The summed E-state index contributed by atoms with van der Waals surface area (Å²) in [6, 6.07) is 10.5. The van der Waals surface area contributed by atoms with Crippen molar-refractivity contribution < 1.29 is 27.9 Å². The van der Waals surface area contributed by atoms with Gasteiger partial charge < -0.3 is 16.2 Å². The monoisotopic (exact) mass is 553 g/mol. The lowest BCUT2D eigenvalue weighted by Gasteiger charge is -2.23. The Labute approximate surface area is 226 Å². The zero-order chi connectivity index (χ0) is 28.8. The number of carbonyl (C=O) groups is 2. The van der Waals surface area contributed by atoms with Crippen LogP contribution in [0.5, 0.6) is 0 Å². The van der Waals surface area contributed by atoms with Crippen molar-refractivity contribution in [2.24, 2.45) is 5.92 Å². The third-order valence-electron chi connectivity index (χ3n) is 7.17. The van der Waals surface area contributed by atoms with Crippen LogP contribution in [0.25, 0.3) is 22.6 Å². The standard InChI is InChI=1S/C27H26F3N7O3/c1-14(24(38)39)13-15-6-8-16(9-7-15)26(2)18-20(31)33-22(34-21(18)35-25(26)40)19-17-5-3-11-32-23(17)37(36-19)12-4-10-27(28,29)30/h3,5-9,11,14H,4,10,12-13H2,1-2H3,(H,38,39)(H3,31,33,34,35,40). The fourth-order valence-electron chi connectivity index (χ4n) is 4.96. The zero-order valence-electron chi connectivity index (χ0n) is 21.7. The number of hydrogen-bond acceptors (Lipinski definition) is 7. The number of carboxylic acid groups (broad SMARTS) is 1. The summed E-state index contributed by atoms with van der Waals surface area (Å²) in [7, 11) is 0. The lowest BCUT2D eigenvalue weighted by molar-refractivity contribution is -0.141. The van der Waals surface area contributed by atoms with Crippen LogP contribution in [-0.4, -0.2) is 47.9 Å². The number of aromatic nitrogens is 5. The molecule has 4 N–H and O–H groups in total. The molecule has 1 aromatic carbocycles. The summed E-state index contributed by atoms with van der Waals surface area (Å²) in [5.74, 6) is -1.45. The van der Waals surface area contributed by atoms with E-state index in [4.69, 9.17) is 5.73 Å². The maximum atomic E-state index is 13.3. The number of carboxylic acids is 1. The van der Waals surface area contributed by atoms with E-state index in [-0.39, 0.29) is 42.0 Å². The molecule has 4 aromatic rings. The first-order chi connectivity index (χ1) is 18.9. The molecule has 0 saturated carbocycles. The van der Waals surface area contributed by atoms with Crippen LogP contribution in [0.15, 0.2) is 42.6 Å². The molecule has 2 atom stereocenters. The number of carbonyl (C=O) groups excluding carboxylic acids is 1.